The largest absolute Gasteiger partial charge is 0.380 e. The van der Waals surface area contributed by atoms with Crippen molar-refractivity contribution >= 4 is 11.8 Å². The summed E-state index contributed by atoms with van der Waals surface area (Å²) in [6, 6.07) is 0. The van der Waals surface area contributed by atoms with Gasteiger partial charge in [-0.25, -0.2) is 0 Å². The van der Waals surface area contributed by atoms with Gasteiger partial charge >= 0.3 is 0 Å². The molecule has 0 bridgehead atoms. The number of rotatable bonds is 5. The number of hydrogen-bond acceptors (Lipinski definition) is 4. The molecule has 0 aliphatic rings. The molecule has 0 spiro atoms. The highest BCUT2D eigenvalue weighted by Crippen LogP contribution is 1.92. The van der Waals surface area contributed by atoms with Crippen molar-refractivity contribution in [3.05, 3.63) is 0 Å². The second kappa shape index (κ2) is 5.50. The average molecular weight is 190 g/mol. The third kappa shape index (κ3) is 3.86. The summed E-state index contributed by atoms with van der Waals surface area (Å²) in [6.07, 6.45) is -2.94. The lowest BCUT2D eigenvalue weighted by atomic mass is 10.2. The maximum absolute atomic E-state index is 10.9. The lowest BCUT2D eigenvalue weighted by molar-refractivity contribution is -0.144. The van der Waals surface area contributed by atoms with E-state index in [0.717, 1.165) is 0 Å². The molecule has 0 aromatic heterocycles. The van der Waals surface area contributed by atoms with E-state index < -0.39 is 24.0 Å². The number of carbonyl (C=O) groups excluding carboxylic acids is 2. The van der Waals surface area contributed by atoms with Gasteiger partial charge in [0.05, 0.1) is 0 Å². The molecule has 5 N–H and O–H groups in total. The summed E-state index contributed by atoms with van der Waals surface area (Å²) >= 11 is 0. The molecule has 76 valence electrons. The standard InChI is InChI=1S/C7H14N2O4/c1-2-3-9-7(13)5(11)4(10)6(8)12/h4-5,10-11H,2-3H2,1H3,(H2,8,12)(H,9,13). The van der Waals surface area contributed by atoms with Crippen LogP contribution in [0.4, 0.5) is 0 Å². The molecule has 13 heavy (non-hydrogen) atoms. The van der Waals surface area contributed by atoms with Gasteiger partial charge in [0.2, 0.25) is 5.91 Å². The van der Waals surface area contributed by atoms with Crippen LogP contribution in [0, 0.1) is 0 Å². The fourth-order valence-electron chi connectivity index (χ4n) is 0.652. The van der Waals surface area contributed by atoms with Gasteiger partial charge in [-0.1, -0.05) is 6.92 Å². The molecule has 0 aliphatic carbocycles. The molecular weight excluding hydrogens is 176 g/mol. The normalized spacial score (nSPS) is 14.7. The zero-order valence-corrected chi connectivity index (χ0v) is 7.36. The first-order chi connectivity index (χ1) is 6.00. The van der Waals surface area contributed by atoms with Crippen LogP contribution in [0.3, 0.4) is 0 Å². The molecule has 2 atom stereocenters. The van der Waals surface area contributed by atoms with Crippen LogP contribution in [0.2, 0.25) is 0 Å². The second-order valence-corrected chi connectivity index (χ2v) is 2.58. The molecule has 2 unspecified atom stereocenters. The first kappa shape index (κ1) is 11.9. The summed E-state index contributed by atoms with van der Waals surface area (Å²) < 4.78 is 0. The van der Waals surface area contributed by atoms with Gasteiger partial charge in [0.25, 0.3) is 5.91 Å². The van der Waals surface area contributed by atoms with Gasteiger partial charge in [0.15, 0.2) is 12.2 Å². The van der Waals surface area contributed by atoms with Crippen LogP contribution in [0.15, 0.2) is 0 Å². The minimum Gasteiger partial charge on any atom is -0.380 e. The molecule has 6 heteroatoms. The summed E-state index contributed by atoms with van der Waals surface area (Å²) in [6.45, 7) is 2.21. The van der Waals surface area contributed by atoms with Crippen LogP contribution in [0.1, 0.15) is 13.3 Å². The summed E-state index contributed by atoms with van der Waals surface area (Å²) in [5.41, 5.74) is 4.67. The zero-order chi connectivity index (χ0) is 10.4. The molecule has 2 amide bonds. The van der Waals surface area contributed by atoms with Crippen LogP contribution < -0.4 is 11.1 Å². The van der Waals surface area contributed by atoms with E-state index in [4.69, 9.17) is 10.2 Å². The van der Waals surface area contributed by atoms with Crippen molar-refractivity contribution < 1.29 is 19.8 Å². The van der Waals surface area contributed by atoms with Gasteiger partial charge in [0.1, 0.15) is 0 Å². The third-order valence-electron chi connectivity index (χ3n) is 1.41. The Morgan fingerprint density at radius 2 is 1.92 bits per heavy atom. The highest BCUT2D eigenvalue weighted by atomic mass is 16.3. The number of aliphatic hydroxyl groups is 2. The Kier molecular flexibility index (Phi) is 5.01. The molecule has 0 heterocycles. The molecule has 0 saturated heterocycles. The molecule has 0 fully saturated rings. The lowest BCUT2D eigenvalue weighted by Crippen LogP contribution is -2.48. The van der Waals surface area contributed by atoms with Gasteiger partial charge in [-0.2, -0.15) is 0 Å². The van der Waals surface area contributed by atoms with E-state index in [1.54, 1.807) is 0 Å². The van der Waals surface area contributed by atoms with Crippen LogP contribution in [-0.2, 0) is 9.59 Å². The van der Waals surface area contributed by atoms with Crippen molar-refractivity contribution in [2.45, 2.75) is 25.6 Å². The van der Waals surface area contributed by atoms with Crippen molar-refractivity contribution in [1.82, 2.24) is 5.32 Å². The number of primary amides is 1. The van der Waals surface area contributed by atoms with Crippen molar-refractivity contribution in [2.75, 3.05) is 6.54 Å². The molecular formula is C7H14N2O4. The maximum Gasteiger partial charge on any atom is 0.252 e. The number of amides is 2. The minimum absolute atomic E-state index is 0.376. The van der Waals surface area contributed by atoms with Crippen LogP contribution in [0.5, 0.6) is 0 Å². The SMILES string of the molecule is CCCNC(=O)C(O)C(O)C(N)=O. The number of nitrogens with two attached hydrogens (primary N) is 1. The van der Waals surface area contributed by atoms with Crippen molar-refractivity contribution in [3.8, 4) is 0 Å². The summed E-state index contributed by atoms with van der Waals surface area (Å²) in [5.74, 6) is -1.92. The number of hydrogen-bond donors (Lipinski definition) is 4. The van der Waals surface area contributed by atoms with E-state index in [0.29, 0.717) is 13.0 Å². The summed E-state index contributed by atoms with van der Waals surface area (Å²) in [7, 11) is 0. The molecule has 0 radical (unpaired) electrons. The van der Waals surface area contributed by atoms with Crippen molar-refractivity contribution in [3.63, 3.8) is 0 Å². The van der Waals surface area contributed by atoms with Gasteiger partial charge in [-0.3, -0.25) is 9.59 Å². The van der Waals surface area contributed by atoms with E-state index in [1.807, 2.05) is 6.92 Å². The lowest BCUT2D eigenvalue weighted by Gasteiger charge is -2.13. The van der Waals surface area contributed by atoms with Crippen molar-refractivity contribution in [2.24, 2.45) is 5.73 Å². The van der Waals surface area contributed by atoms with Gasteiger partial charge in [-0.15, -0.1) is 0 Å². The first-order valence-electron chi connectivity index (χ1n) is 3.93. The van der Waals surface area contributed by atoms with Crippen LogP contribution in [-0.4, -0.2) is 40.8 Å². The third-order valence-corrected chi connectivity index (χ3v) is 1.41. The second-order valence-electron chi connectivity index (χ2n) is 2.58. The number of carbonyl (C=O) groups is 2. The molecule has 0 aromatic rings. The Morgan fingerprint density at radius 1 is 1.38 bits per heavy atom. The predicted octanol–water partition coefficient (Wildman–Crippen LogP) is -2.28. The van der Waals surface area contributed by atoms with Gasteiger partial charge in [0, 0.05) is 6.54 Å². The van der Waals surface area contributed by atoms with E-state index in [9.17, 15) is 9.59 Å². The molecule has 0 rings (SSSR count). The number of nitrogens with one attached hydrogen (secondary N) is 1. The maximum atomic E-state index is 10.9. The monoisotopic (exact) mass is 190 g/mol. The zero-order valence-electron chi connectivity index (χ0n) is 7.36. The fourth-order valence-corrected chi connectivity index (χ4v) is 0.652. The highest BCUT2D eigenvalue weighted by molar-refractivity contribution is 5.89. The molecule has 0 aromatic carbocycles. The van der Waals surface area contributed by atoms with E-state index in [2.05, 4.69) is 11.1 Å². The van der Waals surface area contributed by atoms with Gasteiger partial charge < -0.3 is 21.3 Å². The Hall–Kier alpha value is -1.14. The molecule has 0 saturated carbocycles. The fraction of sp³-hybridized carbons (Fsp3) is 0.714. The first-order valence-corrected chi connectivity index (χ1v) is 3.93. The molecule has 0 aliphatic heterocycles. The Bertz CT molecular complexity index is 195. The van der Waals surface area contributed by atoms with E-state index in [1.165, 1.54) is 0 Å². The Balaban J connectivity index is 4.01. The summed E-state index contributed by atoms with van der Waals surface area (Å²) in [5, 5.41) is 20.2. The molecule has 6 nitrogen and oxygen atoms in total. The number of aliphatic hydroxyl groups excluding tert-OH is 2. The van der Waals surface area contributed by atoms with E-state index >= 15 is 0 Å². The quantitative estimate of drug-likeness (QED) is 0.391. The van der Waals surface area contributed by atoms with Crippen LogP contribution in [0.25, 0.3) is 0 Å². The van der Waals surface area contributed by atoms with Crippen molar-refractivity contribution in [1.29, 1.82) is 0 Å². The highest BCUT2D eigenvalue weighted by Gasteiger charge is 2.27. The smallest absolute Gasteiger partial charge is 0.252 e. The Labute approximate surface area is 75.7 Å². The van der Waals surface area contributed by atoms with E-state index in [-0.39, 0.29) is 0 Å². The topological polar surface area (TPSA) is 113 Å². The average Bonchev–Trinajstić information content (AvgIpc) is 2.11. The van der Waals surface area contributed by atoms with Gasteiger partial charge in [-0.05, 0) is 6.42 Å². The van der Waals surface area contributed by atoms with Crippen LogP contribution >= 0.6 is 0 Å². The summed E-state index contributed by atoms with van der Waals surface area (Å²) in [4.78, 5) is 21.3. The Morgan fingerprint density at radius 3 is 2.31 bits per heavy atom. The minimum atomic E-state index is -1.85. The predicted molar refractivity (Wildman–Crippen MR) is 44.5 cm³/mol.